The van der Waals surface area contributed by atoms with Crippen molar-refractivity contribution in [3.8, 4) is 0 Å². The van der Waals surface area contributed by atoms with Crippen molar-refractivity contribution in [2.75, 3.05) is 13.2 Å². The van der Waals surface area contributed by atoms with E-state index in [4.69, 9.17) is 23.3 Å². The maximum Gasteiger partial charge on any atom is 0.472 e. The van der Waals surface area contributed by atoms with Gasteiger partial charge in [0.25, 0.3) is 0 Å². The molecular formula is C49H84O17P2. The number of ether oxygens (including phenoxy) is 3. The van der Waals surface area contributed by atoms with Crippen LogP contribution in [0.3, 0.4) is 0 Å². The predicted molar refractivity (Wildman–Crippen MR) is 259 cm³/mol. The van der Waals surface area contributed by atoms with E-state index >= 15 is 0 Å². The van der Waals surface area contributed by atoms with Crippen LogP contribution in [0.4, 0.5) is 0 Å². The first-order chi connectivity index (χ1) is 32.6. The van der Waals surface area contributed by atoms with Gasteiger partial charge in [-0.15, -0.1) is 0 Å². The fourth-order valence-electron chi connectivity index (χ4n) is 7.44. The largest absolute Gasteiger partial charge is 0.472 e. The number of unbranched alkanes of at least 4 members (excludes halogenated alkanes) is 14. The van der Waals surface area contributed by atoms with E-state index in [1.165, 1.54) is 38.5 Å². The Balaban J connectivity index is 1.81. The number of esters is 2. The molecule has 19 heteroatoms. The van der Waals surface area contributed by atoms with E-state index in [1.54, 1.807) is 0 Å². The number of phosphoric ester groups is 2. The van der Waals surface area contributed by atoms with Gasteiger partial charge < -0.3 is 49.3 Å². The fourth-order valence-corrected chi connectivity index (χ4v) is 8.98. The average Bonchev–Trinajstić information content (AvgIpc) is 4.05. The zero-order valence-electron chi connectivity index (χ0n) is 40.5. The molecule has 2 aliphatic rings. The van der Waals surface area contributed by atoms with Crippen molar-refractivity contribution >= 4 is 27.6 Å². The summed E-state index contributed by atoms with van der Waals surface area (Å²) in [4.78, 5) is 54.4. The lowest BCUT2D eigenvalue weighted by Gasteiger charge is -2.43. The molecule has 7 N–H and O–H groups in total. The second-order valence-electron chi connectivity index (χ2n) is 17.6. The van der Waals surface area contributed by atoms with Crippen LogP contribution in [-0.4, -0.2) is 115 Å². The number of rotatable bonds is 40. The second kappa shape index (κ2) is 36.6. The first-order valence-electron chi connectivity index (χ1n) is 25.0. The Kier molecular flexibility index (Phi) is 33.2. The highest BCUT2D eigenvalue weighted by molar-refractivity contribution is 7.47. The second-order valence-corrected chi connectivity index (χ2v) is 20.2. The van der Waals surface area contributed by atoms with Crippen LogP contribution in [0.15, 0.2) is 60.8 Å². The summed E-state index contributed by atoms with van der Waals surface area (Å²) >= 11 is 0. The fraction of sp³-hybridized carbons (Fsp3) is 0.755. The van der Waals surface area contributed by atoms with Crippen LogP contribution < -0.4 is 0 Å². The molecule has 1 aliphatic carbocycles. The van der Waals surface area contributed by atoms with Crippen molar-refractivity contribution in [1.29, 1.82) is 0 Å². The standard InChI is InChI=1S/C49H84O17P2/c1-3-5-7-9-11-13-14-15-16-17-18-19-20-22-24-26-31-35-42(50)61-37-39(38-62-68(59,60)66-49-46(54)44(52)45(53)48(47(49)55)65-67(56,57)58)63-43(51)36-32-28-27-30-34-41-40(64-41)33-29-25-23-21-12-10-8-6-4-2/h11-13,15-16,21,25,27,29-30,39-41,44-49,52-55H,3-10,14,17-20,22-24,26,28,31-38H2,1-2H3,(H,59,60)(H2,56,57,58)/b13-11-,16-15-,21-12-,29-25-,30-27-/t39-,40?,41?,44?,45?,46?,47?,48-,49+/m1/s1. The quantitative estimate of drug-likeness (QED) is 0.00993. The van der Waals surface area contributed by atoms with Crippen molar-refractivity contribution < 1.29 is 81.6 Å². The SMILES string of the molecule is CCCCC/C=C\C/C=C\CCCCCCCCCC(=O)OC[C@H](COP(=O)(O)O[C@H]1C(O)C(O)C(O)[C@@H](OP(=O)(O)O)C1O)OC(=O)CCC/C=C\CC1OC1C/C=C\C/C=C\CCCCC. The minimum atomic E-state index is -5.38. The third kappa shape index (κ3) is 29.8. The Hall–Kier alpha value is -2.34. The van der Waals surface area contributed by atoms with Crippen LogP contribution in [0.25, 0.3) is 0 Å². The van der Waals surface area contributed by atoms with Crippen LogP contribution in [0.1, 0.15) is 168 Å². The molecule has 0 spiro atoms. The minimum absolute atomic E-state index is 0.0440. The van der Waals surface area contributed by atoms with Crippen molar-refractivity contribution in [3.05, 3.63) is 60.8 Å². The molecule has 10 atom stereocenters. The van der Waals surface area contributed by atoms with E-state index < -0.39 is 83.5 Å². The summed E-state index contributed by atoms with van der Waals surface area (Å²) in [6.45, 7) is 3.00. The first-order valence-corrected chi connectivity index (χ1v) is 28.0. The van der Waals surface area contributed by atoms with Crippen LogP contribution in [0, 0.1) is 0 Å². The van der Waals surface area contributed by atoms with E-state index in [9.17, 15) is 53.8 Å². The Morgan fingerprint density at radius 3 is 1.54 bits per heavy atom. The van der Waals surface area contributed by atoms with Gasteiger partial charge in [-0.25, -0.2) is 9.13 Å². The molecule has 2 fully saturated rings. The van der Waals surface area contributed by atoms with Gasteiger partial charge in [-0.3, -0.25) is 23.2 Å². The normalized spacial score (nSPS) is 24.7. The van der Waals surface area contributed by atoms with E-state index in [0.717, 1.165) is 83.5 Å². The van der Waals surface area contributed by atoms with E-state index in [0.29, 0.717) is 19.3 Å². The maximum absolute atomic E-state index is 13.0. The Morgan fingerprint density at radius 2 is 0.985 bits per heavy atom. The highest BCUT2D eigenvalue weighted by Gasteiger charge is 2.54. The average molecular weight is 1010 g/mol. The van der Waals surface area contributed by atoms with Gasteiger partial charge in [-0.05, 0) is 83.5 Å². The van der Waals surface area contributed by atoms with Gasteiger partial charge in [0.15, 0.2) is 6.10 Å². The smallest absolute Gasteiger partial charge is 0.462 e. The number of epoxide rings is 1. The summed E-state index contributed by atoms with van der Waals surface area (Å²) in [6.07, 6.45) is 29.1. The topological polar surface area (TPSA) is 269 Å². The van der Waals surface area contributed by atoms with Crippen molar-refractivity contribution in [2.45, 2.75) is 223 Å². The van der Waals surface area contributed by atoms with Gasteiger partial charge in [-0.2, -0.15) is 0 Å². The highest BCUT2D eigenvalue weighted by atomic mass is 31.2. The summed E-state index contributed by atoms with van der Waals surface area (Å²) in [5.74, 6) is -1.29. The first kappa shape index (κ1) is 61.8. The predicted octanol–water partition coefficient (Wildman–Crippen LogP) is 8.83. The van der Waals surface area contributed by atoms with Crippen LogP contribution in [0.5, 0.6) is 0 Å². The molecule has 7 unspecified atom stereocenters. The molecule has 1 saturated carbocycles. The van der Waals surface area contributed by atoms with Gasteiger partial charge in [0, 0.05) is 12.8 Å². The van der Waals surface area contributed by atoms with Gasteiger partial charge in [0.2, 0.25) is 0 Å². The lowest BCUT2D eigenvalue weighted by atomic mass is 9.85. The number of aliphatic hydroxyl groups excluding tert-OH is 4. The third-order valence-corrected chi connectivity index (χ3v) is 13.0. The van der Waals surface area contributed by atoms with Crippen LogP contribution >= 0.6 is 15.6 Å². The Labute approximate surface area is 404 Å². The molecule has 0 amide bonds. The zero-order chi connectivity index (χ0) is 50.0. The Bertz CT molecular complexity index is 1610. The molecule has 0 bridgehead atoms. The monoisotopic (exact) mass is 1010 g/mol. The summed E-state index contributed by atoms with van der Waals surface area (Å²) in [5.41, 5.74) is 0. The van der Waals surface area contributed by atoms with E-state index in [2.05, 4.69) is 67.0 Å². The molecular weight excluding hydrogens is 922 g/mol. The van der Waals surface area contributed by atoms with Gasteiger partial charge >= 0.3 is 27.6 Å². The van der Waals surface area contributed by atoms with Crippen molar-refractivity contribution in [3.63, 3.8) is 0 Å². The highest BCUT2D eigenvalue weighted by Crippen LogP contribution is 2.49. The molecule has 0 aromatic rings. The van der Waals surface area contributed by atoms with Crippen molar-refractivity contribution in [2.24, 2.45) is 0 Å². The summed E-state index contributed by atoms with van der Waals surface area (Å²) < 4.78 is 55.2. The number of allylic oxidation sites excluding steroid dienone is 8. The van der Waals surface area contributed by atoms with Crippen LogP contribution in [-0.2, 0) is 46.5 Å². The molecule has 2 rings (SSSR count). The molecule has 1 aliphatic heterocycles. The summed E-state index contributed by atoms with van der Waals surface area (Å²) in [6, 6.07) is 0. The maximum atomic E-state index is 13.0. The molecule has 0 aromatic heterocycles. The Morgan fingerprint density at radius 1 is 0.529 bits per heavy atom. The molecule has 17 nitrogen and oxygen atoms in total. The zero-order valence-corrected chi connectivity index (χ0v) is 42.3. The lowest BCUT2D eigenvalue weighted by molar-refractivity contribution is -0.216. The van der Waals surface area contributed by atoms with E-state index in [1.807, 2.05) is 12.2 Å². The number of aliphatic hydroxyl groups is 4. The summed E-state index contributed by atoms with van der Waals surface area (Å²) in [7, 11) is -10.7. The lowest BCUT2D eigenvalue weighted by Crippen LogP contribution is -2.64. The third-order valence-electron chi connectivity index (χ3n) is 11.5. The number of hydrogen-bond donors (Lipinski definition) is 7. The van der Waals surface area contributed by atoms with Crippen molar-refractivity contribution in [1.82, 2.24) is 0 Å². The van der Waals surface area contributed by atoms with E-state index in [-0.39, 0.29) is 25.0 Å². The van der Waals surface area contributed by atoms with Gasteiger partial charge in [-0.1, -0.05) is 132 Å². The molecule has 68 heavy (non-hydrogen) atoms. The number of carbonyl (C=O) groups is 2. The molecule has 0 aromatic carbocycles. The molecule has 392 valence electrons. The van der Waals surface area contributed by atoms with Gasteiger partial charge in [0.1, 0.15) is 43.2 Å². The van der Waals surface area contributed by atoms with Gasteiger partial charge in [0.05, 0.1) is 18.8 Å². The molecule has 0 radical (unpaired) electrons. The number of carbonyl (C=O) groups excluding carboxylic acids is 2. The molecule has 1 heterocycles. The number of phosphoric acid groups is 2. The number of hydrogen-bond acceptors (Lipinski definition) is 14. The summed E-state index contributed by atoms with van der Waals surface area (Å²) in [5, 5.41) is 41.3. The minimum Gasteiger partial charge on any atom is -0.462 e. The molecule has 1 saturated heterocycles. The van der Waals surface area contributed by atoms with Crippen LogP contribution in [0.2, 0.25) is 0 Å².